The molecule has 0 aliphatic heterocycles. The van der Waals surface area contributed by atoms with E-state index in [-0.39, 0.29) is 0 Å². The minimum absolute atomic E-state index is 0.344. The van der Waals surface area contributed by atoms with E-state index in [1.54, 1.807) is 6.07 Å². The van der Waals surface area contributed by atoms with Crippen LogP contribution in [0, 0.1) is 6.92 Å². The number of para-hydroxylation sites is 1. The predicted molar refractivity (Wildman–Crippen MR) is 72.0 cm³/mol. The molecule has 2 heteroatoms. The van der Waals surface area contributed by atoms with Crippen LogP contribution in [0.15, 0.2) is 48.5 Å². The van der Waals surface area contributed by atoms with E-state index in [0.29, 0.717) is 5.75 Å². The Morgan fingerprint density at radius 2 is 1.71 bits per heavy atom. The third-order valence-electron chi connectivity index (χ3n) is 2.95. The van der Waals surface area contributed by atoms with Crippen LogP contribution in [-0.2, 0) is 0 Å². The molecule has 0 aliphatic rings. The lowest BCUT2D eigenvalue weighted by Crippen LogP contribution is -2.16. The van der Waals surface area contributed by atoms with Crippen molar-refractivity contribution in [1.29, 1.82) is 0 Å². The number of hydrogen-bond donors (Lipinski definition) is 1. The van der Waals surface area contributed by atoms with E-state index in [1.165, 1.54) is 0 Å². The highest BCUT2D eigenvalue weighted by Crippen LogP contribution is 2.32. The minimum atomic E-state index is 0.344. The van der Waals surface area contributed by atoms with Crippen molar-refractivity contribution in [2.75, 3.05) is 11.4 Å². The standard InChI is InChI=1S/C15H17NO/c1-3-16(13-8-5-4-6-9-13)14-10-7-11-15(17)12(14)2/h4-11,17H,3H2,1-2H3. The summed E-state index contributed by atoms with van der Waals surface area (Å²) in [7, 11) is 0. The summed E-state index contributed by atoms with van der Waals surface area (Å²) < 4.78 is 0. The summed E-state index contributed by atoms with van der Waals surface area (Å²) in [4.78, 5) is 2.19. The average molecular weight is 227 g/mol. The molecule has 0 amide bonds. The third kappa shape index (κ3) is 2.26. The molecule has 0 radical (unpaired) electrons. The van der Waals surface area contributed by atoms with Gasteiger partial charge in [0.1, 0.15) is 5.75 Å². The second-order valence-corrected chi connectivity index (χ2v) is 4.00. The molecule has 0 spiro atoms. The van der Waals surface area contributed by atoms with E-state index in [0.717, 1.165) is 23.5 Å². The van der Waals surface area contributed by atoms with Gasteiger partial charge in [-0.25, -0.2) is 0 Å². The fourth-order valence-electron chi connectivity index (χ4n) is 2.00. The molecule has 2 nitrogen and oxygen atoms in total. The highest BCUT2D eigenvalue weighted by Gasteiger charge is 2.11. The van der Waals surface area contributed by atoms with Crippen LogP contribution in [0.3, 0.4) is 0 Å². The summed E-state index contributed by atoms with van der Waals surface area (Å²) in [5.74, 6) is 0.344. The number of aromatic hydroxyl groups is 1. The molecule has 88 valence electrons. The van der Waals surface area contributed by atoms with E-state index in [1.807, 2.05) is 37.3 Å². The average Bonchev–Trinajstić information content (AvgIpc) is 2.37. The van der Waals surface area contributed by atoms with Crippen LogP contribution in [0.2, 0.25) is 0 Å². The number of rotatable bonds is 3. The van der Waals surface area contributed by atoms with Gasteiger partial charge in [-0.05, 0) is 38.1 Å². The van der Waals surface area contributed by atoms with E-state index >= 15 is 0 Å². The zero-order valence-electron chi connectivity index (χ0n) is 10.2. The van der Waals surface area contributed by atoms with Gasteiger partial charge in [-0.15, -0.1) is 0 Å². The minimum Gasteiger partial charge on any atom is -0.508 e. The molecule has 0 aliphatic carbocycles. The van der Waals surface area contributed by atoms with Crippen molar-refractivity contribution in [3.63, 3.8) is 0 Å². The van der Waals surface area contributed by atoms with Crippen LogP contribution in [0.1, 0.15) is 12.5 Å². The summed E-state index contributed by atoms with van der Waals surface area (Å²) >= 11 is 0. The second kappa shape index (κ2) is 4.91. The first-order chi connectivity index (χ1) is 8.24. The van der Waals surface area contributed by atoms with Crippen LogP contribution < -0.4 is 4.90 Å². The second-order valence-electron chi connectivity index (χ2n) is 4.00. The van der Waals surface area contributed by atoms with Crippen molar-refractivity contribution in [2.24, 2.45) is 0 Å². The lowest BCUT2D eigenvalue weighted by Gasteiger charge is -2.25. The van der Waals surface area contributed by atoms with Gasteiger partial charge >= 0.3 is 0 Å². The summed E-state index contributed by atoms with van der Waals surface area (Å²) in [6.45, 7) is 4.92. The summed E-state index contributed by atoms with van der Waals surface area (Å²) in [5, 5.41) is 9.76. The van der Waals surface area contributed by atoms with Gasteiger partial charge in [0.05, 0.1) is 0 Å². The molecule has 0 aromatic heterocycles. The highest BCUT2D eigenvalue weighted by atomic mass is 16.3. The maximum atomic E-state index is 9.76. The van der Waals surface area contributed by atoms with Crippen LogP contribution in [-0.4, -0.2) is 11.7 Å². The topological polar surface area (TPSA) is 23.5 Å². The lowest BCUT2D eigenvalue weighted by atomic mass is 10.1. The molecule has 1 N–H and O–H groups in total. The van der Waals surface area contributed by atoms with E-state index in [2.05, 4.69) is 24.0 Å². The van der Waals surface area contributed by atoms with Gasteiger partial charge < -0.3 is 10.0 Å². The van der Waals surface area contributed by atoms with Gasteiger partial charge in [0.15, 0.2) is 0 Å². The first kappa shape index (κ1) is 11.5. The molecule has 0 saturated carbocycles. The Morgan fingerprint density at radius 1 is 1.00 bits per heavy atom. The molecule has 2 aromatic carbocycles. The van der Waals surface area contributed by atoms with Gasteiger partial charge in [0.2, 0.25) is 0 Å². The zero-order valence-corrected chi connectivity index (χ0v) is 10.2. The molecule has 2 aromatic rings. The van der Waals surface area contributed by atoms with Gasteiger partial charge in [0, 0.05) is 23.5 Å². The van der Waals surface area contributed by atoms with E-state index in [4.69, 9.17) is 0 Å². The molecule has 2 rings (SSSR count). The van der Waals surface area contributed by atoms with E-state index in [9.17, 15) is 5.11 Å². The van der Waals surface area contributed by atoms with Crippen LogP contribution >= 0.6 is 0 Å². The molecular formula is C15H17NO. The molecule has 0 fully saturated rings. The summed E-state index contributed by atoms with van der Waals surface area (Å²) in [6.07, 6.45) is 0. The first-order valence-electron chi connectivity index (χ1n) is 5.85. The van der Waals surface area contributed by atoms with Crippen LogP contribution in [0.25, 0.3) is 0 Å². The van der Waals surface area contributed by atoms with Gasteiger partial charge in [0.25, 0.3) is 0 Å². The maximum Gasteiger partial charge on any atom is 0.120 e. The number of benzene rings is 2. The fourth-order valence-corrected chi connectivity index (χ4v) is 2.00. The van der Waals surface area contributed by atoms with Gasteiger partial charge in [-0.2, -0.15) is 0 Å². The van der Waals surface area contributed by atoms with Gasteiger partial charge in [-0.1, -0.05) is 24.3 Å². The molecule has 17 heavy (non-hydrogen) atoms. The molecular weight excluding hydrogens is 210 g/mol. The smallest absolute Gasteiger partial charge is 0.120 e. The van der Waals surface area contributed by atoms with Crippen LogP contribution in [0.4, 0.5) is 11.4 Å². The van der Waals surface area contributed by atoms with Crippen molar-refractivity contribution in [3.8, 4) is 5.75 Å². The lowest BCUT2D eigenvalue weighted by molar-refractivity contribution is 0.471. The Kier molecular flexibility index (Phi) is 3.33. The molecule has 0 bridgehead atoms. The largest absolute Gasteiger partial charge is 0.508 e. The first-order valence-corrected chi connectivity index (χ1v) is 5.85. The number of phenols is 1. The van der Waals surface area contributed by atoms with Crippen molar-refractivity contribution in [1.82, 2.24) is 0 Å². The Hall–Kier alpha value is -1.96. The fraction of sp³-hybridized carbons (Fsp3) is 0.200. The van der Waals surface area contributed by atoms with Crippen molar-refractivity contribution in [2.45, 2.75) is 13.8 Å². The van der Waals surface area contributed by atoms with Crippen molar-refractivity contribution in [3.05, 3.63) is 54.1 Å². The SMILES string of the molecule is CCN(c1ccccc1)c1cccc(O)c1C. The highest BCUT2D eigenvalue weighted by molar-refractivity contribution is 5.68. The van der Waals surface area contributed by atoms with Crippen LogP contribution in [0.5, 0.6) is 5.75 Å². The van der Waals surface area contributed by atoms with Crippen molar-refractivity contribution >= 4 is 11.4 Å². The zero-order chi connectivity index (χ0) is 12.3. The van der Waals surface area contributed by atoms with E-state index < -0.39 is 0 Å². The Bertz CT molecular complexity index is 494. The van der Waals surface area contributed by atoms with Gasteiger partial charge in [-0.3, -0.25) is 0 Å². The monoisotopic (exact) mass is 227 g/mol. The predicted octanol–water partition coefficient (Wildman–Crippen LogP) is 3.86. The number of anilines is 2. The summed E-state index contributed by atoms with van der Waals surface area (Å²) in [5.41, 5.74) is 3.11. The Morgan fingerprint density at radius 3 is 2.35 bits per heavy atom. The normalized spacial score (nSPS) is 10.2. The third-order valence-corrected chi connectivity index (χ3v) is 2.95. The number of nitrogens with zero attached hydrogens (tertiary/aromatic N) is 1. The summed E-state index contributed by atoms with van der Waals surface area (Å²) in [6, 6.07) is 15.8. The molecule has 0 unspecified atom stereocenters. The van der Waals surface area contributed by atoms with Crippen molar-refractivity contribution < 1.29 is 5.11 Å². The Balaban J connectivity index is 2.46. The number of hydrogen-bond acceptors (Lipinski definition) is 2. The number of phenolic OH excluding ortho intramolecular Hbond substituents is 1. The quantitative estimate of drug-likeness (QED) is 0.860. The molecule has 0 atom stereocenters. The molecule has 0 saturated heterocycles. The Labute approximate surface area is 102 Å². The molecule has 0 heterocycles. The maximum absolute atomic E-state index is 9.76.